The first-order chi connectivity index (χ1) is 15.4. The lowest BCUT2D eigenvalue weighted by atomic mass is 9.82. The van der Waals surface area contributed by atoms with Gasteiger partial charge in [0, 0.05) is 49.6 Å². The average Bonchev–Trinajstić information content (AvgIpc) is 3.25. The number of piperidine rings is 1. The Morgan fingerprint density at radius 3 is 2.78 bits per heavy atom. The van der Waals surface area contributed by atoms with Gasteiger partial charge in [-0.05, 0) is 44.6 Å². The molecule has 3 aromatic heterocycles. The van der Waals surface area contributed by atoms with Crippen LogP contribution in [0.15, 0.2) is 41.6 Å². The van der Waals surface area contributed by atoms with Crippen LogP contribution >= 0.6 is 0 Å². The first kappa shape index (κ1) is 21.7. The van der Waals surface area contributed by atoms with Crippen molar-refractivity contribution in [3.8, 4) is 0 Å². The number of carboxylic acid groups (broad SMARTS) is 1. The van der Waals surface area contributed by atoms with E-state index in [0.29, 0.717) is 37.4 Å². The van der Waals surface area contributed by atoms with Crippen molar-refractivity contribution in [2.24, 2.45) is 5.92 Å². The van der Waals surface area contributed by atoms with Crippen molar-refractivity contribution in [1.29, 1.82) is 0 Å². The van der Waals surface area contributed by atoms with Crippen LogP contribution in [0.2, 0.25) is 0 Å². The number of likely N-dealkylation sites (tertiary alicyclic amines) is 1. The van der Waals surface area contributed by atoms with Crippen molar-refractivity contribution >= 4 is 18.0 Å². The van der Waals surface area contributed by atoms with E-state index in [1.165, 1.54) is 0 Å². The highest BCUT2D eigenvalue weighted by molar-refractivity contribution is 5.99. The van der Waals surface area contributed by atoms with E-state index in [1.54, 1.807) is 10.7 Å². The number of nitrogens with zero attached hydrogens (tertiary/aromatic N) is 6. The summed E-state index contributed by atoms with van der Waals surface area (Å²) in [4.78, 5) is 38.5. The molecule has 0 radical (unpaired) electrons. The fourth-order valence-corrected chi connectivity index (χ4v) is 4.81. The SMILES string of the molecule is CN(C)Cc1ccc2n(c1=O)C[C@H]1C[C@@H]2CN(C(=O)c2cccn3cnnc23)C1.O=CO. The Kier molecular flexibility index (Phi) is 6.04. The number of rotatable bonds is 3. The normalized spacial score (nSPS) is 19.3. The summed E-state index contributed by atoms with van der Waals surface area (Å²) < 4.78 is 3.71. The zero-order valence-corrected chi connectivity index (χ0v) is 18.1. The maximum atomic E-state index is 13.3. The van der Waals surface area contributed by atoms with Crippen LogP contribution in [-0.4, -0.2) is 73.6 Å². The highest BCUT2D eigenvalue weighted by Gasteiger charge is 2.37. The number of carbonyl (C=O) groups excluding carboxylic acids is 1. The zero-order valence-electron chi connectivity index (χ0n) is 18.1. The van der Waals surface area contributed by atoms with Crippen LogP contribution in [0.1, 0.15) is 34.0 Å². The molecule has 10 heteroatoms. The molecule has 32 heavy (non-hydrogen) atoms. The third-order valence-corrected chi connectivity index (χ3v) is 6.01. The van der Waals surface area contributed by atoms with Gasteiger partial charge in [-0.15, -0.1) is 10.2 Å². The van der Waals surface area contributed by atoms with E-state index in [2.05, 4.69) is 16.3 Å². The van der Waals surface area contributed by atoms with Gasteiger partial charge in [0.1, 0.15) is 6.33 Å². The molecule has 1 saturated heterocycles. The number of amides is 1. The van der Waals surface area contributed by atoms with Gasteiger partial charge in [0.25, 0.3) is 17.9 Å². The van der Waals surface area contributed by atoms with E-state index in [-0.39, 0.29) is 29.8 Å². The van der Waals surface area contributed by atoms with E-state index < -0.39 is 0 Å². The number of hydrogen-bond acceptors (Lipinski definition) is 6. The lowest BCUT2D eigenvalue weighted by Gasteiger charge is -2.43. The minimum absolute atomic E-state index is 0.0154. The van der Waals surface area contributed by atoms with Gasteiger partial charge in [0.15, 0.2) is 5.65 Å². The summed E-state index contributed by atoms with van der Waals surface area (Å²) in [5, 5.41) is 14.9. The number of aromatic nitrogens is 4. The van der Waals surface area contributed by atoms with Gasteiger partial charge in [-0.3, -0.25) is 18.8 Å². The predicted molar refractivity (Wildman–Crippen MR) is 117 cm³/mol. The first-order valence-electron chi connectivity index (χ1n) is 10.5. The first-order valence-corrected chi connectivity index (χ1v) is 10.5. The fraction of sp³-hybridized carbons (Fsp3) is 0.409. The molecule has 2 aliphatic heterocycles. The van der Waals surface area contributed by atoms with Crippen molar-refractivity contribution in [3.05, 3.63) is 64.0 Å². The summed E-state index contributed by atoms with van der Waals surface area (Å²) in [5.74, 6) is 0.457. The number of pyridine rings is 2. The van der Waals surface area contributed by atoms with E-state index >= 15 is 0 Å². The zero-order chi connectivity index (χ0) is 22.8. The average molecular weight is 438 g/mol. The number of carbonyl (C=O) groups is 2. The number of fused-ring (bicyclic) bond motifs is 5. The molecule has 168 valence electrons. The Hall–Kier alpha value is -3.53. The van der Waals surface area contributed by atoms with Crippen LogP contribution in [0.3, 0.4) is 0 Å². The second-order valence-electron chi connectivity index (χ2n) is 8.53. The fourth-order valence-electron chi connectivity index (χ4n) is 4.81. The number of hydrogen-bond donors (Lipinski definition) is 1. The van der Waals surface area contributed by atoms with Crippen LogP contribution in [0.5, 0.6) is 0 Å². The smallest absolute Gasteiger partial charge is 0.290 e. The molecule has 5 rings (SSSR count). The van der Waals surface area contributed by atoms with Gasteiger partial charge in [0.2, 0.25) is 0 Å². The molecule has 10 nitrogen and oxygen atoms in total. The largest absolute Gasteiger partial charge is 0.483 e. The van der Waals surface area contributed by atoms with Crippen LogP contribution in [-0.2, 0) is 17.9 Å². The van der Waals surface area contributed by atoms with Crippen molar-refractivity contribution in [2.75, 3.05) is 27.2 Å². The molecule has 2 atom stereocenters. The molecular formula is C22H26N6O4. The lowest BCUT2D eigenvalue weighted by molar-refractivity contribution is -0.122. The van der Waals surface area contributed by atoms with Crippen molar-refractivity contribution in [2.45, 2.75) is 25.4 Å². The van der Waals surface area contributed by atoms with Crippen LogP contribution in [0, 0.1) is 5.92 Å². The van der Waals surface area contributed by atoms with Crippen molar-refractivity contribution in [3.63, 3.8) is 0 Å². The predicted octanol–water partition coefficient (Wildman–Crippen LogP) is 0.913. The second kappa shape index (κ2) is 8.91. The molecule has 1 fully saturated rings. The minimum atomic E-state index is -0.250. The third-order valence-electron chi connectivity index (χ3n) is 6.01. The maximum absolute atomic E-state index is 13.3. The van der Waals surface area contributed by atoms with Crippen molar-refractivity contribution < 1.29 is 14.7 Å². The summed E-state index contributed by atoms with van der Waals surface area (Å²) in [6.07, 6.45) is 4.46. The summed E-state index contributed by atoms with van der Waals surface area (Å²) >= 11 is 0. The summed E-state index contributed by atoms with van der Waals surface area (Å²) in [6.45, 7) is 2.34. The van der Waals surface area contributed by atoms with E-state index in [4.69, 9.17) is 9.90 Å². The highest BCUT2D eigenvalue weighted by Crippen LogP contribution is 2.35. The molecule has 0 spiro atoms. The molecule has 1 N–H and O–H groups in total. The highest BCUT2D eigenvalue weighted by atomic mass is 16.3. The Labute approximate surface area is 184 Å². The van der Waals surface area contributed by atoms with Gasteiger partial charge in [-0.25, -0.2) is 0 Å². The summed E-state index contributed by atoms with van der Waals surface area (Å²) in [7, 11) is 3.94. The molecule has 1 amide bonds. The van der Waals surface area contributed by atoms with Crippen LogP contribution in [0.25, 0.3) is 5.65 Å². The maximum Gasteiger partial charge on any atom is 0.290 e. The molecular weight excluding hydrogens is 412 g/mol. The summed E-state index contributed by atoms with van der Waals surface area (Å²) in [5.41, 5.74) is 3.14. The molecule has 0 saturated carbocycles. The molecule has 2 aliphatic rings. The Morgan fingerprint density at radius 2 is 2.03 bits per heavy atom. The molecule has 0 aromatic carbocycles. The Balaban J connectivity index is 0.000000775. The molecule has 0 aliphatic carbocycles. The Morgan fingerprint density at radius 1 is 1.25 bits per heavy atom. The topological polar surface area (TPSA) is 113 Å². The van der Waals surface area contributed by atoms with Crippen molar-refractivity contribution in [1.82, 2.24) is 29.0 Å². The van der Waals surface area contributed by atoms with E-state index in [1.807, 2.05) is 52.9 Å². The van der Waals surface area contributed by atoms with Gasteiger partial charge >= 0.3 is 0 Å². The van der Waals surface area contributed by atoms with Gasteiger partial charge in [-0.2, -0.15) is 0 Å². The van der Waals surface area contributed by atoms with Crippen LogP contribution in [0.4, 0.5) is 0 Å². The van der Waals surface area contributed by atoms with E-state index in [9.17, 15) is 9.59 Å². The molecule has 2 bridgehead atoms. The quantitative estimate of drug-likeness (QED) is 0.605. The second-order valence-corrected chi connectivity index (χ2v) is 8.53. The summed E-state index contributed by atoms with van der Waals surface area (Å²) in [6, 6.07) is 7.68. The lowest BCUT2D eigenvalue weighted by Crippen LogP contribution is -2.49. The minimum Gasteiger partial charge on any atom is -0.483 e. The third kappa shape index (κ3) is 4.01. The monoisotopic (exact) mass is 438 g/mol. The Bertz CT molecular complexity index is 1200. The standard InChI is InChI=1S/C21H24N6O2.CH2O2/c1-24(2)11-15-5-6-18-16-8-14(10-27(18)20(15)28)9-26(12-16)21(29)17-4-3-7-25-13-22-23-19(17)25;2-1-3/h3-7,13-14,16H,8-12H2,1-2H3;1H,(H,2,3)/t14-,16+;/m0./s1. The van der Waals surface area contributed by atoms with Crippen LogP contribution < -0.4 is 5.56 Å². The molecule has 5 heterocycles. The van der Waals surface area contributed by atoms with Gasteiger partial charge in [0.05, 0.1) is 5.56 Å². The van der Waals surface area contributed by atoms with E-state index in [0.717, 1.165) is 17.7 Å². The van der Waals surface area contributed by atoms with Gasteiger partial charge in [-0.1, -0.05) is 6.07 Å². The molecule has 3 aromatic rings. The van der Waals surface area contributed by atoms with Gasteiger partial charge < -0.3 is 19.5 Å². The molecule has 0 unspecified atom stereocenters.